The summed E-state index contributed by atoms with van der Waals surface area (Å²) in [5.41, 5.74) is 2.35. The molecule has 0 saturated heterocycles. The van der Waals surface area contributed by atoms with Crippen molar-refractivity contribution >= 4 is 33.3 Å². The number of aryl methyl sites for hydroxylation is 1. The van der Waals surface area contributed by atoms with Crippen LogP contribution in [-0.4, -0.2) is 16.9 Å². The third-order valence-electron chi connectivity index (χ3n) is 3.47. The Hall–Kier alpha value is -1.88. The van der Waals surface area contributed by atoms with Crippen molar-refractivity contribution in [2.45, 2.75) is 33.2 Å². The standard InChI is InChI=1S/C17H20BrN3O/c1-4-12(3)20-16-8-5-13(10-19-16)17(22)21-15-7-6-14(18)9-11(15)2/h5-10,12H,4H2,1-3H3,(H,19,20)(H,21,22). The van der Waals surface area contributed by atoms with E-state index >= 15 is 0 Å². The van der Waals surface area contributed by atoms with Crippen molar-refractivity contribution in [3.05, 3.63) is 52.1 Å². The van der Waals surface area contributed by atoms with E-state index in [4.69, 9.17) is 0 Å². The van der Waals surface area contributed by atoms with Crippen molar-refractivity contribution in [2.75, 3.05) is 10.6 Å². The third-order valence-corrected chi connectivity index (χ3v) is 3.96. The minimum atomic E-state index is -0.159. The molecule has 1 aromatic heterocycles. The Morgan fingerprint density at radius 2 is 2.09 bits per heavy atom. The van der Waals surface area contributed by atoms with E-state index in [0.717, 1.165) is 28.0 Å². The Kier molecular flexibility index (Phi) is 5.55. The van der Waals surface area contributed by atoms with Gasteiger partial charge in [-0.3, -0.25) is 4.79 Å². The largest absolute Gasteiger partial charge is 0.368 e. The van der Waals surface area contributed by atoms with Crippen LogP contribution in [0.5, 0.6) is 0 Å². The van der Waals surface area contributed by atoms with Gasteiger partial charge in [0.05, 0.1) is 5.56 Å². The van der Waals surface area contributed by atoms with Crippen LogP contribution in [0.25, 0.3) is 0 Å². The number of carbonyl (C=O) groups is 1. The Bertz CT molecular complexity index is 655. The van der Waals surface area contributed by atoms with Gasteiger partial charge in [-0.05, 0) is 56.2 Å². The third kappa shape index (κ3) is 4.31. The molecule has 2 rings (SSSR count). The maximum absolute atomic E-state index is 12.3. The molecule has 0 radical (unpaired) electrons. The normalized spacial score (nSPS) is 11.8. The van der Waals surface area contributed by atoms with E-state index in [2.05, 4.69) is 45.4 Å². The lowest BCUT2D eigenvalue weighted by Crippen LogP contribution is -2.16. The number of benzene rings is 1. The summed E-state index contributed by atoms with van der Waals surface area (Å²) in [4.78, 5) is 16.5. The summed E-state index contributed by atoms with van der Waals surface area (Å²) in [6.07, 6.45) is 2.61. The average Bonchev–Trinajstić information content (AvgIpc) is 2.50. The molecule has 1 atom stereocenters. The lowest BCUT2D eigenvalue weighted by Gasteiger charge is -2.12. The predicted octanol–water partition coefficient (Wildman–Crippen LogP) is 4.62. The Labute approximate surface area is 139 Å². The van der Waals surface area contributed by atoms with E-state index in [1.807, 2.05) is 31.2 Å². The van der Waals surface area contributed by atoms with Gasteiger partial charge in [-0.25, -0.2) is 4.98 Å². The maximum Gasteiger partial charge on any atom is 0.257 e. The first kappa shape index (κ1) is 16.5. The van der Waals surface area contributed by atoms with Gasteiger partial charge in [0.1, 0.15) is 5.82 Å². The molecule has 0 aliphatic carbocycles. The second kappa shape index (κ2) is 7.40. The van der Waals surface area contributed by atoms with E-state index in [1.54, 1.807) is 12.3 Å². The molecule has 0 spiro atoms. The van der Waals surface area contributed by atoms with E-state index in [1.165, 1.54) is 0 Å². The van der Waals surface area contributed by atoms with Crippen molar-refractivity contribution in [3.8, 4) is 0 Å². The molecule has 1 unspecified atom stereocenters. The highest BCUT2D eigenvalue weighted by Crippen LogP contribution is 2.20. The lowest BCUT2D eigenvalue weighted by atomic mass is 10.2. The highest BCUT2D eigenvalue weighted by molar-refractivity contribution is 9.10. The zero-order valence-corrected chi connectivity index (χ0v) is 14.6. The molecule has 0 saturated carbocycles. The van der Waals surface area contributed by atoms with E-state index in [0.29, 0.717) is 11.6 Å². The molecule has 2 aromatic rings. The monoisotopic (exact) mass is 361 g/mol. The number of hydrogen-bond donors (Lipinski definition) is 2. The van der Waals surface area contributed by atoms with Gasteiger partial charge in [0.2, 0.25) is 0 Å². The zero-order valence-electron chi connectivity index (χ0n) is 13.0. The number of halogens is 1. The highest BCUT2D eigenvalue weighted by atomic mass is 79.9. The van der Waals surface area contributed by atoms with Gasteiger partial charge in [-0.15, -0.1) is 0 Å². The first-order valence-electron chi connectivity index (χ1n) is 7.29. The van der Waals surface area contributed by atoms with Crippen molar-refractivity contribution in [1.29, 1.82) is 0 Å². The Balaban J connectivity index is 2.06. The van der Waals surface area contributed by atoms with Crippen LogP contribution in [0, 0.1) is 6.92 Å². The SMILES string of the molecule is CCC(C)Nc1ccc(C(=O)Nc2ccc(Br)cc2C)cn1. The van der Waals surface area contributed by atoms with Gasteiger partial charge in [-0.2, -0.15) is 0 Å². The molecule has 0 bridgehead atoms. The van der Waals surface area contributed by atoms with Gasteiger partial charge >= 0.3 is 0 Å². The first-order chi connectivity index (χ1) is 10.5. The highest BCUT2D eigenvalue weighted by Gasteiger charge is 2.09. The van der Waals surface area contributed by atoms with Crippen LogP contribution in [0.1, 0.15) is 36.2 Å². The Morgan fingerprint density at radius 1 is 1.32 bits per heavy atom. The molecule has 116 valence electrons. The maximum atomic E-state index is 12.3. The summed E-state index contributed by atoms with van der Waals surface area (Å²) in [6.45, 7) is 6.16. The summed E-state index contributed by atoms with van der Waals surface area (Å²) in [7, 11) is 0. The first-order valence-corrected chi connectivity index (χ1v) is 8.09. The van der Waals surface area contributed by atoms with Crippen molar-refractivity contribution < 1.29 is 4.79 Å². The van der Waals surface area contributed by atoms with Crippen molar-refractivity contribution in [2.24, 2.45) is 0 Å². The molecule has 0 aliphatic heterocycles. The smallest absolute Gasteiger partial charge is 0.257 e. The van der Waals surface area contributed by atoms with Crippen molar-refractivity contribution in [3.63, 3.8) is 0 Å². The number of aromatic nitrogens is 1. The fourth-order valence-corrected chi connectivity index (χ4v) is 2.41. The summed E-state index contributed by atoms with van der Waals surface area (Å²) in [6, 6.07) is 9.71. The Morgan fingerprint density at radius 3 is 2.68 bits per heavy atom. The quantitative estimate of drug-likeness (QED) is 0.816. The fraction of sp³-hybridized carbons (Fsp3) is 0.294. The molecule has 2 N–H and O–H groups in total. The van der Waals surface area contributed by atoms with E-state index < -0.39 is 0 Å². The van der Waals surface area contributed by atoms with Crippen LogP contribution in [0.2, 0.25) is 0 Å². The van der Waals surface area contributed by atoms with Crippen LogP contribution in [0.15, 0.2) is 41.0 Å². The molecule has 1 amide bonds. The minimum Gasteiger partial charge on any atom is -0.368 e. The number of nitrogens with one attached hydrogen (secondary N) is 2. The second-order valence-corrected chi connectivity index (χ2v) is 6.21. The molecule has 0 aliphatic rings. The number of anilines is 2. The van der Waals surface area contributed by atoms with Gasteiger partial charge in [0, 0.05) is 22.4 Å². The number of pyridine rings is 1. The summed E-state index contributed by atoms with van der Waals surface area (Å²) >= 11 is 3.41. The van der Waals surface area contributed by atoms with Crippen LogP contribution in [0.3, 0.4) is 0 Å². The van der Waals surface area contributed by atoms with Gasteiger partial charge in [0.25, 0.3) is 5.91 Å². The molecule has 5 heteroatoms. The fourth-order valence-electron chi connectivity index (χ4n) is 1.93. The van der Waals surface area contributed by atoms with Gasteiger partial charge in [-0.1, -0.05) is 22.9 Å². The number of hydrogen-bond acceptors (Lipinski definition) is 3. The second-order valence-electron chi connectivity index (χ2n) is 5.30. The van der Waals surface area contributed by atoms with Gasteiger partial charge in [0.15, 0.2) is 0 Å². The predicted molar refractivity (Wildman–Crippen MR) is 94.4 cm³/mol. The van der Waals surface area contributed by atoms with Crippen LogP contribution in [-0.2, 0) is 0 Å². The molecular formula is C17H20BrN3O. The molecule has 22 heavy (non-hydrogen) atoms. The van der Waals surface area contributed by atoms with E-state index in [9.17, 15) is 4.79 Å². The van der Waals surface area contributed by atoms with E-state index in [-0.39, 0.29) is 5.91 Å². The molecule has 1 aromatic carbocycles. The summed E-state index contributed by atoms with van der Waals surface area (Å²) < 4.78 is 0.991. The number of nitrogens with zero attached hydrogens (tertiary/aromatic N) is 1. The van der Waals surface area contributed by atoms with Crippen LogP contribution >= 0.6 is 15.9 Å². The summed E-state index contributed by atoms with van der Waals surface area (Å²) in [5.74, 6) is 0.624. The number of carbonyl (C=O) groups excluding carboxylic acids is 1. The molecular weight excluding hydrogens is 342 g/mol. The molecule has 1 heterocycles. The van der Waals surface area contributed by atoms with Gasteiger partial charge < -0.3 is 10.6 Å². The number of amides is 1. The molecule has 0 fully saturated rings. The minimum absolute atomic E-state index is 0.159. The number of rotatable bonds is 5. The van der Waals surface area contributed by atoms with Crippen molar-refractivity contribution in [1.82, 2.24) is 4.98 Å². The lowest BCUT2D eigenvalue weighted by molar-refractivity contribution is 0.102. The summed E-state index contributed by atoms with van der Waals surface area (Å²) in [5, 5.41) is 6.18. The van der Waals surface area contributed by atoms with Crippen LogP contribution < -0.4 is 10.6 Å². The average molecular weight is 362 g/mol. The zero-order chi connectivity index (χ0) is 16.1. The topological polar surface area (TPSA) is 54.0 Å². The van der Waals surface area contributed by atoms with Crippen LogP contribution in [0.4, 0.5) is 11.5 Å². The molecule has 4 nitrogen and oxygen atoms in total.